The Balaban J connectivity index is 1.37. The quantitative estimate of drug-likeness (QED) is 0.163. The van der Waals surface area contributed by atoms with Crippen LogP contribution in [0.2, 0.25) is 0 Å². The summed E-state index contributed by atoms with van der Waals surface area (Å²) in [5, 5.41) is 0.668. The molecule has 0 atom stereocenters. The molecule has 7 heteroatoms. The van der Waals surface area contributed by atoms with Gasteiger partial charge < -0.3 is 4.90 Å². The molecule has 3 aromatic carbocycles. The predicted octanol–water partition coefficient (Wildman–Crippen LogP) is 5.72. The van der Waals surface area contributed by atoms with Crippen molar-refractivity contribution in [2.45, 2.75) is 19.4 Å². The third-order valence-corrected chi connectivity index (χ3v) is 7.84. The van der Waals surface area contributed by atoms with Crippen molar-refractivity contribution in [3.05, 3.63) is 103 Å². The third kappa shape index (κ3) is 5.03. The van der Waals surface area contributed by atoms with Crippen LogP contribution in [0.15, 0.2) is 83.7 Å². The largest absolute Gasteiger partial charge is 0.302 e. The SMILES string of the molecule is O=C(c1ccccc1)C1CCN(CCn2c(=O)c3cc(I)ccc3n(-c3ccccc3)c2=S)CC1. The Morgan fingerprint density at radius 3 is 2.26 bits per heavy atom. The van der Waals surface area contributed by atoms with Crippen LogP contribution in [0.1, 0.15) is 23.2 Å². The molecule has 4 aromatic rings. The van der Waals surface area contributed by atoms with E-state index in [-0.39, 0.29) is 17.3 Å². The number of para-hydroxylation sites is 1. The van der Waals surface area contributed by atoms with Gasteiger partial charge in [0.05, 0.1) is 10.9 Å². The van der Waals surface area contributed by atoms with Gasteiger partial charge in [-0.1, -0.05) is 48.5 Å². The lowest BCUT2D eigenvalue weighted by Gasteiger charge is -2.31. The first kappa shape index (κ1) is 24.1. The molecule has 1 aliphatic heterocycles. The highest BCUT2D eigenvalue weighted by molar-refractivity contribution is 14.1. The molecule has 0 N–H and O–H groups in total. The number of Topliss-reactive ketones (excluding diaryl/α,β-unsaturated/α-hetero) is 1. The highest BCUT2D eigenvalue weighted by Gasteiger charge is 2.25. The van der Waals surface area contributed by atoms with E-state index in [1.807, 2.05) is 83.4 Å². The molecule has 0 radical (unpaired) electrons. The molecule has 1 fully saturated rings. The van der Waals surface area contributed by atoms with E-state index in [2.05, 4.69) is 27.5 Å². The summed E-state index contributed by atoms with van der Waals surface area (Å²) in [6.45, 7) is 2.92. The number of ketones is 1. The first-order chi connectivity index (χ1) is 17.0. The average molecular weight is 596 g/mol. The molecular weight excluding hydrogens is 569 g/mol. The van der Waals surface area contributed by atoms with Gasteiger partial charge >= 0.3 is 0 Å². The third-order valence-electron chi connectivity index (χ3n) is 6.77. The predicted molar refractivity (Wildman–Crippen MR) is 151 cm³/mol. The van der Waals surface area contributed by atoms with E-state index in [9.17, 15) is 9.59 Å². The van der Waals surface area contributed by atoms with Crippen molar-refractivity contribution in [3.63, 3.8) is 0 Å². The van der Waals surface area contributed by atoms with Crippen LogP contribution in [0.25, 0.3) is 16.6 Å². The standard InChI is InChI=1S/C28H26IN3O2S/c29-22-11-12-25-24(19-22)27(34)31(28(35)32(25)23-9-5-2-6-10-23)18-17-30-15-13-21(14-16-30)26(33)20-7-3-1-4-8-20/h1-12,19,21H,13-18H2. The van der Waals surface area contributed by atoms with Crippen LogP contribution < -0.4 is 5.56 Å². The van der Waals surface area contributed by atoms with Crippen LogP contribution >= 0.6 is 34.8 Å². The topological polar surface area (TPSA) is 47.2 Å². The first-order valence-corrected chi connectivity index (χ1v) is 13.3. The van der Waals surface area contributed by atoms with Crippen LogP contribution in [0, 0.1) is 14.3 Å². The monoisotopic (exact) mass is 595 g/mol. The van der Waals surface area contributed by atoms with Crippen molar-refractivity contribution in [1.29, 1.82) is 0 Å². The Morgan fingerprint density at radius 1 is 0.914 bits per heavy atom. The van der Waals surface area contributed by atoms with Gasteiger partial charge in [-0.2, -0.15) is 0 Å². The van der Waals surface area contributed by atoms with Gasteiger partial charge in [0, 0.05) is 33.8 Å². The van der Waals surface area contributed by atoms with E-state index >= 15 is 0 Å². The number of piperidine rings is 1. The Morgan fingerprint density at radius 2 is 1.57 bits per heavy atom. The number of halogens is 1. The highest BCUT2D eigenvalue weighted by atomic mass is 127. The lowest BCUT2D eigenvalue weighted by Crippen LogP contribution is -2.39. The maximum atomic E-state index is 13.5. The van der Waals surface area contributed by atoms with Gasteiger partial charge in [0.2, 0.25) is 0 Å². The lowest BCUT2D eigenvalue weighted by atomic mass is 9.89. The zero-order chi connectivity index (χ0) is 24.4. The fraction of sp³-hybridized carbons (Fsp3) is 0.250. The lowest BCUT2D eigenvalue weighted by molar-refractivity contribution is 0.0837. The molecule has 5 nitrogen and oxygen atoms in total. The maximum absolute atomic E-state index is 13.5. The summed E-state index contributed by atoms with van der Waals surface area (Å²) in [5.74, 6) is 0.302. The van der Waals surface area contributed by atoms with Gasteiger partial charge in [0.25, 0.3) is 5.56 Å². The summed E-state index contributed by atoms with van der Waals surface area (Å²) in [7, 11) is 0. The number of carbonyl (C=O) groups excluding carboxylic acids is 1. The van der Waals surface area contributed by atoms with Crippen LogP contribution in [0.5, 0.6) is 0 Å². The minimum absolute atomic E-state index is 0.0511. The van der Waals surface area contributed by atoms with Crippen LogP contribution in [0.3, 0.4) is 0 Å². The summed E-state index contributed by atoms with van der Waals surface area (Å²) >= 11 is 8.10. The Hall–Kier alpha value is -2.62. The number of carbonyl (C=O) groups is 1. The summed E-state index contributed by atoms with van der Waals surface area (Å²) in [6.07, 6.45) is 1.67. The number of likely N-dealkylation sites (tertiary alicyclic amines) is 1. The van der Waals surface area contributed by atoms with Gasteiger partial charge in [-0.25, -0.2) is 0 Å². The van der Waals surface area contributed by atoms with Crippen molar-refractivity contribution in [2.75, 3.05) is 19.6 Å². The summed E-state index contributed by atoms with van der Waals surface area (Å²) in [4.78, 5) is 28.6. The van der Waals surface area contributed by atoms with E-state index in [1.54, 1.807) is 4.57 Å². The van der Waals surface area contributed by atoms with Crippen molar-refractivity contribution < 1.29 is 4.79 Å². The minimum Gasteiger partial charge on any atom is -0.302 e. The molecule has 2 heterocycles. The molecule has 0 amide bonds. The van der Waals surface area contributed by atoms with Gasteiger partial charge in [-0.05, 0) is 91.1 Å². The van der Waals surface area contributed by atoms with Crippen LogP contribution in [0.4, 0.5) is 0 Å². The zero-order valence-electron chi connectivity index (χ0n) is 19.3. The number of rotatable bonds is 6. The van der Waals surface area contributed by atoms with Crippen molar-refractivity contribution in [3.8, 4) is 5.69 Å². The summed E-state index contributed by atoms with van der Waals surface area (Å²) in [6, 6.07) is 25.4. The van der Waals surface area contributed by atoms with Gasteiger partial charge in [-0.15, -0.1) is 0 Å². The van der Waals surface area contributed by atoms with Crippen LogP contribution in [-0.4, -0.2) is 39.5 Å². The minimum atomic E-state index is -0.0511. The average Bonchev–Trinajstić information content (AvgIpc) is 2.90. The molecule has 0 bridgehead atoms. The Kier molecular flexibility index (Phi) is 7.27. The Labute approximate surface area is 223 Å². The fourth-order valence-electron chi connectivity index (χ4n) is 4.85. The molecule has 0 spiro atoms. The van der Waals surface area contributed by atoms with Crippen LogP contribution in [-0.2, 0) is 6.54 Å². The molecular formula is C28H26IN3O2S. The number of hydrogen-bond donors (Lipinski definition) is 0. The Bertz CT molecular complexity index is 1470. The molecule has 0 unspecified atom stereocenters. The molecule has 0 aliphatic carbocycles. The molecule has 1 saturated heterocycles. The number of hydrogen-bond acceptors (Lipinski definition) is 4. The van der Waals surface area contributed by atoms with Gasteiger partial charge in [0.15, 0.2) is 10.6 Å². The highest BCUT2D eigenvalue weighted by Crippen LogP contribution is 2.23. The second-order valence-corrected chi connectivity index (χ2v) is 10.5. The first-order valence-electron chi connectivity index (χ1n) is 11.8. The fourth-order valence-corrected chi connectivity index (χ4v) is 5.72. The second-order valence-electron chi connectivity index (χ2n) is 8.92. The molecule has 1 aliphatic rings. The number of fused-ring (bicyclic) bond motifs is 1. The molecule has 0 saturated carbocycles. The molecule has 35 heavy (non-hydrogen) atoms. The van der Waals surface area contributed by atoms with Gasteiger partial charge in [0.1, 0.15) is 0 Å². The van der Waals surface area contributed by atoms with E-state index in [0.717, 1.165) is 52.8 Å². The maximum Gasteiger partial charge on any atom is 0.262 e. The molecule has 1 aromatic heterocycles. The smallest absolute Gasteiger partial charge is 0.262 e. The van der Waals surface area contributed by atoms with E-state index < -0.39 is 0 Å². The summed E-state index contributed by atoms with van der Waals surface area (Å²) < 4.78 is 5.24. The normalized spacial score (nSPS) is 14.9. The zero-order valence-corrected chi connectivity index (χ0v) is 22.2. The van der Waals surface area contributed by atoms with E-state index in [1.165, 1.54) is 0 Å². The number of benzene rings is 3. The molecule has 5 rings (SSSR count). The number of aromatic nitrogens is 2. The van der Waals surface area contributed by atoms with Crippen molar-refractivity contribution >= 4 is 51.5 Å². The van der Waals surface area contributed by atoms with E-state index in [4.69, 9.17) is 12.2 Å². The van der Waals surface area contributed by atoms with E-state index in [0.29, 0.717) is 16.7 Å². The summed E-state index contributed by atoms with van der Waals surface area (Å²) in [5.41, 5.74) is 2.51. The second kappa shape index (κ2) is 10.6. The van der Waals surface area contributed by atoms with Gasteiger partial charge in [-0.3, -0.25) is 18.7 Å². The van der Waals surface area contributed by atoms with Crippen molar-refractivity contribution in [2.24, 2.45) is 5.92 Å². The number of nitrogens with zero attached hydrogens (tertiary/aromatic N) is 3. The van der Waals surface area contributed by atoms with Crippen molar-refractivity contribution in [1.82, 2.24) is 14.0 Å². The molecule has 178 valence electrons.